The number of nitrogens with zero attached hydrogens (tertiary/aromatic N) is 4. The third-order valence-electron chi connectivity index (χ3n) is 14.5. The molecule has 0 N–H and O–H groups in total. The van der Waals surface area contributed by atoms with E-state index in [4.69, 9.17) is 15.0 Å². The molecule has 0 spiro atoms. The molecular weight excluding hydrogens is 941 g/mol. The van der Waals surface area contributed by atoms with E-state index >= 15 is 0 Å². The van der Waals surface area contributed by atoms with Crippen molar-refractivity contribution in [3.63, 3.8) is 0 Å². The lowest BCUT2D eigenvalue weighted by molar-refractivity contribution is 1.18. The van der Waals surface area contributed by atoms with Gasteiger partial charge in [-0.1, -0.05) is 231 Å². The van der Waals surface area contributed by atoms with Crippen LogP contribution < -0.4 is 0 Å². The van der Waals surface area contributed by atoms with Crippen molar-refractivity contribution >= 4 is 43.4 Å². The van der Waals surface area contributed by atoms with Gasteiger partial charge >= 0.3 is 0 Å². The average Bonchev–Trinajstić information content (AvgIpc) is 4.11. The first-order valence-corrected chi connectivity index (χ1v) is 26.5. The number of hydrogen-bond donors (Lipinski definition) is 0. The Morgan fingerprint density at radius 3 is 1.22 bits per heavy atom. The van der Waals surface area contributed by atoms with Gasteiger partial charge in [0.05, 0.1) is 44.0 Å². The molecule has 14 rings (SSSR count). The van der Waals surface area contributed by atoms with E-state index in [0.29, 0.717) is 0 Å². The van der Waals surface area contributed by atoms with Crippen molar-refractivity contribution in [2.45, 2.75) is 0 Å². The van der Waals surface area contributed by atoms with Crippen molar-refractivity contribution in [1.29, 1.82) is 0 Å². The second-order valence-corrected chi connectivity index (χ2v) is 20.1. The SMILES string of the molecule is c1ccc(-c2ccc(-c3ccc(-c4ccc(-c5ccc(-c6ccc(-c7ccccc7)nc6-c6ccccc6)cc5)c5sc(-c6ccc7c(c6)c6ccccc6n7-c6ccccc6)nc45)cc3)c(-c3ccccc3)n2)cc1. The predicted molar refractivity (Wildman–Crippen MR) is 318 cm³/mol. The van der Waals surface area contributed by atoms with Gasteiger partial charge in [-0.05, 0) is 70.8 Å². The molecule has 0 saturated heterocycles. The summed E-state index contributed by atoms with van der Waals surface area (Å²) < 4.78 is 3.51. The van der Waals surface area contributed by atoms with Crippen LogP contribution in [0.1, 0.15) is 0 Å². The van der Waals surface area contributed by atoms with E-state index in [0.717, 1.165) is 116 Å². The summed E-state index contributed by atoms with van der Waals surface area (Å²) in [6, 6.07) is 99.1. The van der Waals surface area contributed by atoms with Crippen molar-refractivity contribution in [3.05, 3.63) is 279 Å². The zero-order valence-corrected chi connectivity index (χ0v) is 42.1. The van der Waals surface area contributed by atoms with Crippen molar-refractivity contribution in [2.24, 2.45) is 0 Å². The van der Waals surface area contributed by atoms with E-state index in [1.54, 1.807) is 11.3 Å². The number of aromatic nitrogens is 4. The van der Waals surface area contributed by atoms with Crippen LogP contribution in [-0.4, -0.2) is 19.5 Å². The molecular formula is C71H46N4S. The lowest BCUT2D eigenvalue weighted by Crippen LogP contribution is -1.93. The third-order valence-corrected chi connectivity index (χ3v) is 15.7. The Bertz CT molecular complexity index is 4190. The standard InChI is InChI=1S/C71H46N4S/c1-6-18-51(19-7-1)63-43-41-57(67(72-63)53-22-10-3-11-23-53)47-30-32-49(33-31-47)59-39-40-60(50-36-34-48(35-37-50)58-42-44-64(52-20-8-2-9-21-52)73-68(58)54-24-12-4-13-25-54)70-69(59)74-71(76-70)55-38-45-66-62(46-55)61-28-16-17-29-65(61)75(66)56-26-14-5-15-27-56/h1-46H. The van der Waals surface area contributed by atoms with Crippen molar-refractivity contribution in [3.8, 4) is 106 Å². The Balaban J connectivity index is 0.891. The lowest BCUT2D eigenvalue weighted by Gasteiger charge is -2.14. The number of para-hydroxylation sites is 2. The van der Waals surface area contributed by atoms with Gasteiger partial charge < -0.3 is 4.57 Å². The maximum atomic E-state index is 5.61. The molecule has 5 heteroatoms. The van der Waals surface area contributed by atoms with E-state index < -0.39 is 0 Å². The molecule has 0 aliphatic carbocycles. The highest BCUT2D eigenvalue weighted by atomic mass is 32.1. The second-order valence-electron chi connectivity index (χ2n) is 19.1. The molecule has 4 nitrogen and oxygen atoms in total. The normalized spacial score (nSPS) is 11.4. The van der Waals surface area contributed by atoms with Gasteiger partial charge in [0.2, 0.25) is 0 Å². The van der Waals surface area contributed by atoms with E-state index in [1.165, 1.54) is 21.8 Å². The smallest absolute Gasteiger partial charge is 0.124 e. The fourth-order valence-corrected chi connectivity index (χ4v) is 11.9. The van der Waals surface area contributed by atoms with Gasteiger partial charge in [0.1, 0.15) is 5.01 Å². The van der Waals surface area contributed by atoms with E-state index in [9.17, 15) is 0 Å². The quantitative estimate of drug-likeness (QED) is 0.137. The first-order valence-electron chi connectivity index (χ1n) is 25.7. The van der Waals surface area contributed by atoms with Gasteiger partial charge in [0.15, 0.2) is 0 Å². The first-order chi connectivity index (χ1) is 37.7. The molecule has 0 bridgehead atoms. The van der Waals surface area contributed by atoms with Gasteiger partial charge in [0.25, 0.3) is 0 Å². The number of thiazole rings is 1. The largest absolute Gasteiger partial charge is 0.309 e. The first kappa shape index (κ1) is 44.9. The summed E-state index contributed by atoms with van der Waals surface area (Å²) in [4.78, 5) is 16.2. The topological polar surface area (TPSA) is 43.6 Å². The molecule has 356 valence electrons. The summed E-state index contributed by atoms with van der Waals surface area (Å²) >= 11 is 1.76. The number of fused-ring (bicyclic) bond motifs is 4. The summed E-state index contributed by atoms with van der Waals surface area (Å²) in [5.74, 6) is 0. The Morgan fingerprint density at radius 1 is 0.276 bits per heavy atom. The Morgan fingerprint density at radius 2 is 0.684 bits per heavy atom. The molecule has 4 heterocycles. The number of hydrogen-bond acceptors (Lipinski definition) is 4. The van der Waals surface area contributed by atoms with Gasteiger partial charge in [-0.15, -0.1) is 11.3 Å². The molecule has 0 atom stereocenters. The van der Waals surface area contributed by atoms with Crippen LogP contribution >= 0.6 is 11.3 Å². The highest BCUT2D eigenvalue weighted by Crippen LogP contribution is 2.45. The highest BCUT2D eigenvalue weighted by molar-refractivity contribution is 7.22. The number of rotatable bonds is 10. The lowest BCUT2D eigenvalue weighted by atomic mass is 9.94. The summed E-state index contributed by atoms with van der Waals surface area (Å²) in [6.45, 7) is 0. The minimum Gasteiger partial charge on any atom is -0.309 e. The molecule has 76 heavy (non-hydrogen) atoms. The van der Waals surface area contributed by atoms with Crippen molar-refractivity contribution in [2.75, 3.05) is 0 Å². The van der Waals surface area contributed by atoms with Crippen LogP contribution in [0, 0.1) is 0 Å². The van der Waals surface area contributed by atoms with Gasteiger partial charge in [0, 0.05) is 66.5 Å². The van der Waals surface area contributed by atoms with Crippen LogP contribution in [-0.2, 0) is 0 Å². The van der Waals surface area contributed by atoms with Crippen LogP contribution in [0.25, 0.3) is 138 Å². The molecule has 0 radical (unpaired) electrons. The maximum absolute atomic E-state index is 5.61. The fourth-order valence-electron chi connectivity index (χ4n) is 10.8. The zero-order chi connectivity index (χ0) is 50.4. The summed E-state index contributed by atoms with van der Waals surface area (Å²) in [5, 5.41) is 3.39. The van der Waals surface area contributed by atoms with Crippen molar-refractivity contribution < 1.29 is 0 Å². The van der Waals surface area contributed by atoms with Crippen LogP contribution in [0.2, 0.25) is 0 Å². The summed E-state index contributed by atoms with van der Waals surface area (Å²) in [6.07, 6.45) is 0. The Labute approximate surface area is 445 Å². The molecule has 0 aliphatic heterocycles. The second kappa shape index (κ2) is 19.2. The monoisotopic (exact) mass is 986 g/mol. The van der Waals surface area contributed by atoms with Crippen molar-refractivity contribution in [1.82, 2.24) is 19.5 Å². The minimum absolute atomic E-state index is 0.948. The molecule has 0 unspecified atom stereocenters. The predicted octanol–water partition coefficient (Wildman–Crippen LogP) is 19.2. The number of pyridine rings is 2. The molecule has 0 aliphatic rings. The van der Waals surface area contributed by atoms with Crippen LogP contribution in [0.5, 0.6) is 0 Å². The maximum Gasteiger partial charge on any atom is 0.124 e. The summed E-state index contributed by atoms with van der Waals surface area (Å²) in [5.41, 5.74) is 22.6. The molecule has 14 aromatic rings. The van der Waals surface area contributed by atoms with Gasteiger partial charge in [-0.25, -0.2) is 15.0 Å². The van der Waals surface area contributed by atoms with Crippen LogP contribution in [0.15, 0.2) is 279 Å². The fraction of sp³-hybridized carbons (Fsp3) is 0. The molecule has 0 fully saturated rings. The molecule has 0 amide bonds. The Kier molecular flexibility index (Phi) is 11.3. The number of benzene rings is 10. The highest BCUT2D eigenvalue weighted by Gasteiger charge is 2.20. The third kappa shape index (κ3) is 8.16. The molecule has 0 saturated carbocycles. The van der Waals surface area contributed by atoms with Crippen LogP contribution in [0.3, 0.4) is 0 Å². The molecule has 4 aromatic heterocycles. The Hall–Kier alpha value is -9.81. The van der Waals surface area contributed by atoms with Gasteiger partial charge in [-0.2, -0.15) is 0 Å². The van der Waals surface area contributed by atoms with E-state index in [2.05, 4.69) is 271 Å². The summed E-state index contributed by atoms with van der Waals surface area (Å²) in [7, 11) is 0. The van der Waals surface area contributed by atoms with Gasteiger partial charge in [-0.3, -0.25) is 0 Å². The van der Waals surface area contributed by atoms with Crippen LogP contribution in [0.4, 0.5) is 0 Å². The minimum atomic E-state index is 0.948. The van der Waals surface area contributed by atoms with E-state index in [-0.39, 0.29) is 0 Å². The zero-order valence-electron chi connectivity index (χ0n) is 41.3. The molecule has 10 aromatic carbocycles. The van der Waals surface area contributed by atoms with E-state index in [1.807, 2.05) is 12.1 Å². The average molecular weight is 987 g/mol.